The van der Waals surface area contributed by atoms with Gasteiger partial charge in [0.25, 0.3) is 0 Å². The van der Waals surface area contributed by atoms with Crippen molar-refractivity contribution in [2.45, 2.75) is 44.8 Å². The number of halogens is 3. The molecule has 3 fully saturated rings. The number of nitrogens with zero attached hydrogens (tertiary/aromatic N) is 2. The molecule has 2 bridgehead atoms. The quantitative estimate of drug-likeness (QED) is 0.786. The Labute approximate surface area is 158 Å². The molecule has 1 aromatic rings. The molecule has 1 aliphatic heterocycles. The highest BCUT2D eigenvalue weighted by Gasteiger charge is 2.44. The van der Waals surface area contributed by atoms with Crippen LogP contribution in [0.25, 0.3) is 0 Å². The van der Waals surface area contributed by atoms with Crippen molar-refractivity contribution in [3.63, 3.8) is 0 Å². The van der Waals surface area contributed by atoms with Crippen molar-refractivity contribution in [2.75, 3.05) is 26.2 Å². The van der Waals surface area contributed by atoms with Crippen LogP contribution in [0.1, 0.15) is 43.2 Å². The minimum Gasteiger partial charge on any atom is -0.341 e. The molecule has 1 heterocycles. The number of carbonyl (C=O) groups excluding carboxylic acids is 1. The van der Waals surface area contributed by atoms with Gasteiger partial charge in [-0.25, -0.2) is 0 Å². The monoisotopic (exact) mass is 380 g/mol. The molecule has 27 heavy (non-hydrogen) atoms. The van der Waals surface area contributed by atoms with E-state index < -0.39 is 11.7 Å². The highest BCUT2D eigenvalue weighted by atomic mass is 19.4. The third-order valence-electron chi connectivity index (χ3n) is 6.64. The zero-order chi connectivity index (χ0) is 19.0. The number of rotatable bonds is 3. The molecule has 0 radical (unpaired) electrons. The van der Waals surface area contributed by atoms with Crippen molar-refractivity contribution in [1.29, 1.82) is 0 Å². The summed E-state index contributed by atoms with van der Waals surface area (Å²) in [7, 11) is 0. The number of hydrogen-bond acceptors (Lipinski definition) is 2. The largest absolute Gasteiger partial charge is 0.416 e. The molecular formula is C21H27F3N2O. The van der Waals surface area contributed by atoms with Crippen LogP contribution in [0.5, 0.6) is 0 Å². The predicted molar refractivity (Wildman–Crippen MR) is 96.9 cm³/mol. The van der Waals surface area contributed by atoms with E-state index in [4.69, 9.17) is 0 Å². The average molecular weight is 380 g/mol. The number of carbonyl (C=O) groups is 1. The predicted octanol–water partition coefficient (Wildman–Crippen LogP) is 4.18. The molecule has 0 aromatic heterocycles. The number of amides is 1. The zero-order valence-electron chi connectivity index (χ0n) is 15.5. The van der Waals surface area contributed by atoms with Crippen molar-refractivity contribution < 1.29 is 18.0 Å². The first-order valence-electron chi connectivity index (χ1n) is 10.1. The molecule has 0 N–H and O–H groups in total. The topological polar surface area (TPSA) is 23.6 Å². The van der Waals surface area contributed by atoms with Gasteiger partial charge in [-0.05, 0) is 55.2 Å². The lowest BCUT2D eigenvalue weighted by molar-refractivity contribution is -0.138. The van der Waals surface area contributed by atoms with Gasteiger partial charge in [-0.2, -0.15) is 13.2 Å². The van der Waals surface area contributed by atoms with Gasteiger partial charge in [0.2, 0.25) is 5.91 Å². The Hall–Kier alpha value is -1.56. The second-order valence-corrected chi connectivity index (χ2v) is 8.43. The summed E-state index contributed by atoms with van der Waals surface area (Å²) in [5, 5.41) is 0. The van der Waals surface area contributed by atoms with Gasteiger partial charge in [0.05, 0.1) is 5.56 Å². The van der Waals surface area contributed by atoms with Crippen molar-refractivity contribution in [1.82, 2.24) is 9.80 Å². The minimum atomic E-state index is -4.29. The molecule has 3 atom stereocenters. The Morgan fingerprint density at radius 2 is 1.78 bits per heavy atom. The second-order valence-electron chi connectivity index (χ2n) is 8.43. The van der Waals surface area contributed by atoms with E-state index in [1.54, 1.807) is 12.1 Å². The second kappa shape index (κ2) is 7.46. The van der Waals surface area contributed by atoms with Gasteiger partial charge in [0.15, 0.2) is 0 Å². The molecule has 1 amide bonds. The van der Waals surface area contributed by atoms with Crippen LogP contribution in [0.15, 0.2) is 24.3 Å². The Bertz CT molecular complexity index is 673. The Kier molecular flexibility index (Phi) is 5.19. The van der Waals surface area contributed by atoms with Crippen LogP contribution in [0, 0.1) is 17.8 Å². The molecule has 3 nitrogen and oxygen atoms in total. The summed E-state index contributed by atoms with van der Waals surface area (Å²) in [6, 6.07) is 5.42. The Morgan fingerprint density at radius 1 is 1.00 bits per heavy atom. The van der Waals surface area contributed by atoms with Crippen LogP contribution in [0.3, 0.4) is 0 Å². The van der Waals surface area contributed by atoms with E-state index >= 15 is 0 Å². The summed E-state index contributed by atoms with van der Waals surface area (Å²) in [6.07, 6.45) is 1.47. The van der Waals surface area contributed by atoms with E-state index in [1.165, 1.54) is 19.3 Å². The summed E-state index contributed by atoms with van der Waals surface area (Å²) in [5.41, 5.74) is 0.278. The number of fused-ring (bicyclic) bond motifs is 2. The molecule has 4 rings (SSSR count). The summed E-state index contributed by atoms with van der Waals surface area (Å²) >= 11 is 0. The van der Waals surface area contributed by atoms with Gasteiger partial charge in [-0.1, -0.05) is 18.6 Å². The third kappa shape index (κ3) is 4.15. The van der Waals surface area contributed by atoms with E-state index in [9.17, 15) is 18.0 Å². The number of alkyl halides is 3. The first-order valence-corrected chi connectivity index (χ1v) is 10.1. The molecule has 148 valence electrons. The fraction of sp³-hybridized carbons (Fsp3) is 0.667. The smallest absolute Gasteiger partial charge is 0.341 e. The van der Waals surface area contributed by atoms with Crippen molar-refractivity contribution >= 4 is 5.91 Å². The van der Waals surface area contributed by atoms with Crippen LogP contribution in [-0.4, -0.2) is 41.9 Å². The van der Waals surface area contributed by atoms with E-state index in [1.807, 2.05) is 4.90 Å². The van der Waals surface area contributed by atoms with E-state index in [-0.39, 0.29) is 5.92 Å². The molecule has 2 aliphatic carbocycles. The first-order chi connectivity index (χ1) is 12.9. The first kappa shape index (κ1) is 18.8. The normalized spacial score (nSPS) is 29.1. The Morgan fingerprint density at radius 3 is 2.41 bits per heavy atom. The highest BCUT2D eigenvalue weighted by molar-refractivity contribution is 5.79. The van der Waals surface area contributed by atoms with Gasteiger partial charge < -0.3 is 4.90 Å². The molecular weight excluding hydrogens is 353 g/mol. The van der Waals surface area contributed by atoms with E-state index in [0.29, 0.717) is 18.4 Å². The van der Waals surface area contributed by atoms with Crippen molar-refractivity contribution in [3.8, 4) is 0 Å². The molecule has 2 saturated carbocycles. The average Bonchev–Trinajstić information content (AvgIpc) is 3.19. The molecule has 6 heteroatoms. The molecule has 0 spiro atoms. The van der Waals surface area contributed by atoms with E-state index in [2.05, 4.69) is 4.90 Å². The third-order valence-corrected chi connectivity index (χ3v) is 6.64. The number of hydrogen-bond donors (Lipinski definition) is 0. The van der Waals surface area contributed by atoms with Gasteiger partial charge >= 0.3 is 6.18 Å². The molecule has 1 saturated heterocycles. The maximum absolute atomic E-state index is 12.9. The van der Waals surface area contributed by atoms with Crippen LogP contribution >= 0.6 is 0 Å². The summed E-state index contributed by atoms with van der Waals surface area (Å²) in [5.74, 6) is 1.96. The van der Waals surface area contributed by atoms with Crippen LogP contribution < -0.4 is 0 Å². The summed E-state index contributed by atoms with van der Waals surface area (Å²) < 4.78 is 38.1. The Balaban J connectivity index is 1.31. The van der Waals surface area contributed by atoms with Gasteiger partial charge in [-0.15, -0.1) is 0 Å². The standard InChI is InChI=1S/C21H27F3N2O/c22-21(23,24)18-6-3-15(4-7-18)14-25-8-1-9-26(11-10-25)20(27)19-13-16-2-5-17(19)12-16/h3-4,6-7,16-17,19H,1-2,5,8-14H2. The maximum Gasteiger partial charge on any atom is 0.416 e. The van der Waals surface area contributed by atoms with Crippen LogP contribution in [0.4, 0.5) is 13.2 Å². The fourth-order valence-corrected chi connectivity index (χ4v) is 5.19. The molecule has 3 unspecified atom stereocenters. The van der Waals surface area contributed by atoms with Gasteiger partial charge in [0.1, 0.15) is 0 Å². The van der Waals surface area contributed by atoms with Gasteiger partial charge in [-0.3, -0.25) is 9.69 Å². The lowest BCUT2D eigenvalue weighted by atomic mass is 9.87. The minimum absolute atomic E-state index is 0.241. The summed E-state index contributed by atoms with van der Waals surface area (Å²) in [6.45, 7) is 3.83. The van der Waals surface area contributed by atoms with Crippen LogP contribution in [-0.2, 0) is 17.5 Å². The number of benzene rings is 1. The zero-order valence-corrected chi connectivity index (χ0v) is 15.5. The maximum atomic E-state index is 12.9. The lowest BCUT2D eigenvalue weighted by Gasteiger charge is -2.28. The summed E-state index contributed by atoms with van der Waals surface area (Å²) in [4.78, 5) is 17.2. The van der Waals surface area contributed by atoms with Crippen molar-refractivity contribution in [2.24, 2.45) is 17.8 Å². The van der Waals surface area contributed by atoms with E-state index in [0.717, 1.165) is 62.6 Å². The molecule has 3 aliphatic rings. The van der Waals surface area contributed by atoms with Gasteiger partial charge in [0, 0.05) is 38.6 Å². The lowest BCUT2D eigenvalue weighted by Crippen LogP contribution is -2.40. The highest BCUT2D eigenvalue weighted by Crippen LogP contribution is 2.48. The molecule has 1 aromatic carbocycles. The van der Waals surface area contributed by atoms with Crippen molar-refractivity contribution in [3.05, 3.63) is 35.4 Å². The fourth-order valence-electron chi connectivity index (χ4n) is 5.19. The van der Waals surface area contributed by atoms with Crippen LogP contribution in [0.2, 0.25) is 0 Å². The SMILES string of the molecule is O=C(C1CC2CCC1C2)N1CCCN(Cc2ccc(C(F)(F)F)cc2)CC1.